The van der Waals surface area contributed by atoms with Crippen molar-refractivity contribution in [3.63, 3.8) is 0 Å². The lowest BCUT2D eigenvalue weighted by molar-refractivity contribution is 0.688. The zero-order valence-corrected chi connectivity index (χ0v) is 9.15. The second-order valence-electron chi connectivity index (χ2n) is 2.88. The average molecular weight is 224 g/mol. The number of fused-ring (bicyclic) bond motifs is 1. The molecule has 0 aliphatic heterocycles. The Morgan fingerprint density at radius 2 is 2.00 bits per heavy atom. The largest absolute Gasteiger partial charge is 0.289 e. The first kappa shape index (κ1) is 9.55. The number of rotatable bonds is 1. The van der Waals surface area contributed by atoms with Crippen LogP contribution in [-0.4, -0.2) is 10.5 Å². The van der Waals surface area contributed by atoms with Crippen LogP contribution < -0.4 is 5.43 Å². The summed E-state index contributed by atoms with van der Waals surface area (Å²) in [5, 5.41) is 0.701. The van der Waals surface area contributed by atoms with Crippen molar-refractivity contribution in [1.82, 2.24) is 0 Å². The fourth-order valence-corrected chi connectivity index (χ4v) is 3.04. The van der Waals surface area contributed by atoms with Crippen LogP contribution in [0.5, 0.6) is 0 Å². The van der Waals surface area contributed by atoms with E-state index in [0.29, 0.717) is 9.60 Å². The number of hydrogen-bond donors (Lipinski definition) is 0. The maximum Gasteiger partial charge on any atom is 0.189 e. The van der Waals surface area contributed by atoms with Crippen molar-refractivity contribution in [3.05, 3.63) is 40.6 Å². The first-order valence-electron chi connectivity index (χ1n) is 4.05. The van der Waals surface area contributed by atoms with Gasteiger partial charge in [0.1, 0.15) is 0 Å². The van der Waals surface area contributed by atoms with E-state index in [1.165, 1.54) is 17.4 Å². The summed E-state index contributed by atoms with van der Waals surface area (Å²) < 4.78 is 12.8. The zero-order valence-electron chi connectivity index (χ0n) is 7.52. The van der Waals surface area contributed by atoms with Gasteiger partial charge in [-0.05, 0) is 12.1 Å². The van der Waals surface area contributed by atoms with Gasteiger partial charge in [-0.1, -0.05) is 12.1 Å². The van der Waals surface area contributed by atoms with Gasteiger partial charge in [-0.2, -0.15) is 0 Å². The molecule has 1 unspecified atom stereocenters. The summed E-state index contributed by atoms with van der Waals surface area (Å²) in [6.07, 6.45) is 1.58. The average Bonchev–Trinajstić information content (AvgIpc) is 2.17. The molecule has 0 aliphatic rings. The first-order chi connectivity index (χ1) is 6.68. The Labute approximate surface area is 87.7 Å². The van der Waals surface area contributed by atoms with E-state index >= 15 is 0 Å². The molecule has 0 saturated heterocycles. The van der Waals surface area contributed by atoms with Gasteiger partial charge >= 0.3 is 0 Å². The van der Waals surface area contributed by atoms with Crippen molar-refractivity contribution in [1.29, 1.82) is 0 Å². The second kappa shape index (κ2) is 3.63. The maximum atomic E-state index is 11.6. The summed E-state index contributed by atoms with van der Waals surface area (Å²) >= 11 is 1.41. The van der Waals surface area contributed by atoms with E-state index in [0.717, 1.165) is 4.70 Å². The van der Waals surface area contributed by atoms with Crippen LogP contribution in [0.4, 0.5) is 0 Å². The molecule has 0 spiro atoms. The Bertz CT molecular complexity index is 557. The summed E-state index contributed by atoms with van der Waals surface area (Å²) in [6.45, 7) is 0. The lowest BCUT2D eigenvalue weighted by atomic mass is 10.2. The summed E-state index contributed by atoms with van der Waals surface area (Å²) in [5.74, 6) is 0. The van der Waals surface area contributed by atoms with Gasteiger partial charge in [0, 0.05) is 22.4 Å². The molecule has 14 heavy (non-hydrogen) atoms. The highest BCUT2D eigenvalue weighted by molar-refractivity contribution is 7.86. The monoisotopic (exact) mass is 224 g/mol. The van der Waals surface area contributed by atoms with Crippen LogP contribution in [0.3, 0.4) is 0 Å². The van der Waals surface area contributed by atoms with E-state index in [-0.39, 0.29) is 5.43 Å². The molecule has 0 bridgehead atoms. The summed E-state index contributed by atoms with van der Waals surface area (Å²) in [6, 6.07) is 8.83. The third kappa shape index (κ3) is 1.63. The minimum absolute atomic E-state index is 0.0513. The fraction of sp³-hybridized carbons (Fsp3) is 0.100. The third-order valence-corrected chi connectivity index (χ3v) is 4.43. The van der Waals surface area contributed by atoms with Gasteiger partial charge in [-0.3, -0.25) is 9.00 Å². The Hall–Kier alpha value is -1.00. The zero-order chi connectivity index (χ0) is 10.1. The van der Waals surface area contributed by atoms with Gasteiger partial charge in [-0.25, -0.2) is 0 Å². The molecule has 1 atom stereocenters. The fourth-order valence-electron chi connectivity index (χ4n) is 1.22. The molecule has 0 fully saturated rings. The molecular weight excluding hydrogens is 216 g/mol. The third-order valence-electron chi connectivity index (χ3n) is 1.90. The van der Waals surface area contributed by atoms with Crippen molar-refractivity contribution >= 4 is 32.2 Å². The minimum atomic E-state index is -1.08. The van der Waals surface area contributed by atoms with Crippen molar-refractivity contribution in [2.75, 3.05) is 6.26 Å². The van der Waals surface area contributed by atoms with Crippen molar-refractivity contribution in [2.45, 2.75) is 4.21 Å². The van der Waals surface area contributed by atoms with Crippen LogP contribution in [0.2, 0.25) is 0 Å². The van der Waals surface area contributed by atoms with E-state index in [1.807, 2.05) is 18.2 Å². The molecule has 1 aromatic heterocycles. The standard InChI is InChI=1S/C10H8O2S2/c1-14(12)10-6-8(11)7-4-2-3-5-9(7)13-10/h2-6H,1H3. The van der Waals surface area contributed by atoms with Gasteiger partial charge < -0.3 is 0 Å². The molecule has 0 amide bonds. The first-order valence-corrected chi connectivity index (χ1v) is 6.42. The minimum Gasteiger partial charge on any atom is -0.289 e. The molecule has 0 radical (unpaired) electrons. The molecule has 72 valence electrons. The van der Waals surface area contributed by atoms with Crippen LogP contribution in [0.1, 0.15) is 0 Å². The van der Waals surface area contributed by atoms with Crippen LogP contribution in [0, 0.1) is 0 Å². The summed E-state index contributed by atoms with van der Waals surface area (Å²) in [7, 11) is -1.08. The molecule has 0 N–H and O–H groups in total. The van der Waals surface area contributed by atoms with E-state index < -0.39 is 10.8 Å². The predicted octanol–water partition coefficient (Wildman–Crippen LogP) is 2.00. The Balaban J connectivity index is 2.86. The van der Waals surface area contributed by atoms with Gasteiger partial charge in [0.2, 0.25) is 0 Å². The van der Waals surface area contributed by atoms with Gasteiger partial charge in [0.15, 0.2) is 5.43 Å². The van der Waals surface area contributed by atoms with Crippen molar-refractivity contribution in [2.24, 2.45) is 0 Å². The van der Waals surface area contributed by atoms with Crippen LogP contribution in [-0.2, 0) is 10.8 Å². The molecule has 0 saturated carbocycles. The molecule has 1 aromatic carbocycles. The van der Waals surface area contributed by atoms with Crippen LogP contribution in [0.15, 0.2) is 39.3 Å². The molecule has 4 heteroatoms. The second-order valence-corrected chi connectivity index (χ2v) is 5.57. The highest BCUT2D eigenvalue weighted by Crippen LogP contribution is 2.20. The van der Waals surface area contributed by atoms with Gasteiger partial charge in [0.25, 0.3) is 0 Å². The topological polar surface area (TPSA) is 34.1 Å². The SMILES string of the molecule is CS(=O)c1cc(=O)c2ccccc2s1. The van der Waals surface area contributed by atoms with Crippen molar-refractivity contribution in [3.8, 4) is 0 Å². The van der Waals surface area contributed by atoms with Gasteiger partial charge in [-0.15, -0.1) is 11.3 Å². The Morgan fingerprint density at radius 3 is 2.71 bits per heavy atom. The predicted molar refractivity (Wildman–Crippen MR) is 60.4 cm³/mol. The molecule has 0 aliphatic carbocycles. The van der Waals surface area contributed by atoms with Crippen LogP contribution >= 0.6 is 11.3 Å². The van der Waals surface area contributed by atoms with E-state index in [4.69, 9.17) is 0 Å². The highest BCUT2D eigenvalue weighted by atomic mass is 32.2. The Morgan fingerprint density at radius 1 is 1.29 bits per heavy atom. The molecule has 1 heterocycles. The normalized spacial score (nSPS) is 12.9. The maximum absolute atomic E-state index is 11.6. The molecule has 2 nitrogen and oxygen atoms in total. The summed E-state index contributed by atoms with van der Waals surface area (Å²) in [5.41, 5.74) is -0.0513. The molecular formula is C10H8O2S2. The Kier molecular flexibility index (Phi) is 2.48. The van der Waals surface area contributed by atoms with E-state index in [2.05, 4.69) is 0 Å². The quantitative estimate of drug-likeness (QED) is 0.742. The smallest absolute Gasteiger partial charge is 0.189 e. The van der Waals surface area contributed by atoms with Crippen molar-refractivity contribution < 1.29 is 4.21 Å². The van der Waals surface area contributed by atoms with E-state index in [1.54, 1.807) is 12.3 Å². The highest BCUT2D eigenvalue weighted by Gasteiger charge is 2.04. The van der Waals surface area contributed by atoms with Gasteiger partial charge in [0.05, 0.1) is 15.0 Å². The summed E-state index contributed by atoms with van der Waals surface area (Å²) in [4.78, 5) is 11.6. The lowest BCUT2D eigenvalue weighted by Gasteiger charge is -1.97. The molecule has 2 aromatic rings. The van der Waals surface area contributed by atoms with E-state index in [9.17, 15) is 9.00 Å². The number of benzene rings is 1. The lowest BCUT2D eigenvalue weighted by Crippen LogP contribution is -2.00. The molecule has 2 rings (SSSR count). The van der Waals surface area contributed by atoms with Crippen LogP contribution in [0.25, 0.3) is 10.1 Å². The number of hydrogen-bond acceptors (Lipinski definition) is 3.